The van der Waals surface area contributed by atoms with Gasteiger partial charge in [0.15, 0.2) is 0 Å². The van der Waals surface area contributed by atoms with Crippen LogP contribution in [0.4, 0.5) is 5.69 Å². The lowest BCUT2D eigenvalue weighted by Crippen LogP contribution is -2.18. The van der Waals surface area contributed by atoms with Crippen molar-refractivity contribution in [1.29, 1.82) is 0 Å². The fourth-order valence-electron chi connectivity index (χ4n) is 2.02. The summed E-state index contributed by atoms with van der Waals surface area (Å²) in [4.78, 5) is 0.440. The molecule has 3 nitrogen and oxygen atoms in total. The van der Waals surface area contributed by atoms with Crippen molar-refractivity contribution >= 4 is 22.9 Å². The molecule has 0 radical (unpaired) electrons. The summed E-state index contributed by atoms with van der Waals surface area (Å²) in [6, 6.07) is 6.09. The topological polar surface area (TPSA) is 47.3 Å². The summed E-state index contributed by atoms with van der Waals surface area (Å²) < 4.78 is 5.36. The lowest BCUT2D eigenvalue weighted by Gasteiger charge is -2.14. The van der Waals surface area contributed by atoms with Gasteiger partial charge in [-0.3, -0.25) is 0 Å². The highest BCUT2D eigenvalue weighted by molar-refractivity contribution is 7.80. The van der Waals surface area contributed by atoms with E-state index in [9.17, 15) is 0 Å². The number of thiocarbonyl (C=S) groups is 1. The zero-order chi connectivity index (χ0) is 12.3. The monoisotopic (exact) mass is 250 g/mol. The van der Waals surface area contributed by atoms with E-state index in [1.807, 2.05) is 12.1 Å². The molecule has 0 aliphatic carbocycles. The Bertz CT molecular complexity index is 414. The van der Waals surface area contributed by atoms with Crippen LogP contribution in [0.2, 0.25) is 0 Å². The number of anilines is 1. The molecule has 1 unspecified atom stereocenters. The highest BCUT2D eigenvalue weighted by Crippen LogP contribution is 2.19. The third kappa shape index (κ3) is 3.17. The highest BCUT2D eigenvalue weighted by Gasteiger charge is 2.15. The lowest BCUT2D eigenvalue weighted by molar-refractivity contribution is 0.187. The number of nitrogens with two attached hydrogens (primary N) is 1. The molecule has 1 heterocycles. The predicted molar refractivity (Wildman–Crippen MR) is 74.5 cm³/mol. The van der Waals surface area contributed by atoms with Crippen LogP contribution in [0.15, 0.2) is 18.2 Å². The van der Waals surface area contributed by atoms with E-state index >= 15 is 0 Å². The second-order valence-electron chi connectivity index (χ2n) is 4.52. The van der Waals surface area contributed by atoms with Crippen molar-refractivity contribution in [2.45, 2.75) is 13.3 Å². The molecule has 4 heteroatoms. The Hall–Kier alpha value is -1.13. The zero-order valence-electron chi connectivity index (χ0n) is 10.0. The highest BCUT2D eigenvalue weighted by atomic mass is 32.1. The Labute approximate surface area is 107 Å². The van der Waals surface area contributed by atoms with E-state index in [4.69, 9.17) is 22.7 Å². The first-order valence-corrected chi connectivity index (χ1v) is 6.29. The van der Waals surface area contributed by atoms with Gasteiger partial charge in [-0.1, -0.05) is 18.3 Å². The van der Waals surface area contributed by atoms with Crippen LogP contribution < -0.4 is 11.1 Å². The minimum absolute atomic E-state index is 0.440. The molecule has 92 valence electrons. The maximum atomic E-state index is 5.72. The average molecular weight is 250 g/mol. The Morgan fingerprint density at radius 2 is 2.41 bits per heavy atom. The van der Waals surface area contributed by atoms with Crippen molar-refractivity contribution in [3.05, 3.63) is 29.3 Å². The Morgan fingerprint density at radius 1 is 1.59 bits per heavy atom. The van der Waals surface area contributed by atoms with E-state index in [1.165, 1.54) is 5.56 Å². The molecule has 0 saturated carbocycles. The second-order valence-corrected chi connectivity index (χ2v) is 4.96. The molecule has 1 aromatic carbocycles. The number of rotatable bonds is 4. The number of hydrogen-bond acceptors (Lipinski definition) is 3. The molecule has 1 saturated heterocycles. The molecule has 0 aromatic heterocycles. The van der Waals surface area contributed by atoms with Gasteiger partial charge in [-0.2, -0.15) is 0 Å². The van der Waals surface area contributed by atoms with Gasteiger partial charge in [-0.25, -0.2) is 0 Å². The van der Waals surface area contributed by atoms with Crippen molar-refractivity contribution < 1.29 is 4.74 Å². The van der Waals surface area contributed by atoms with Crippen LogP contribution in [0.25, 0.3) is 0 Å². The zero-order valence-corrected chi connectivity index (χ0v) is 10.8. The van der Waals surface area contributed by atoms with Gasteiger partial charge >= 0.3 is 0 Å². The summed E-state index contributed by atoms with van der Waals surface area (Å²) in [5.41, 5.74) is 8.87. The number of nitrogens with one attached hydrogen (secondary N) is 1. The van der Waals surface area contributed by atoms with Crippen molar-refractivity contribution in [2.24, 2.45) is 11.7 Å². The van der Waals surface area contributed by atoms with E-state index in [-0.39, 0.29) is 0 Å². The van der Waals surface area contributed by atoms with Crippen LogP contribution in [0.1, 0.15) is 17.5 Å². The first-order valence-electron chi connectivity index (χ1n) is 5.89. The summed E-state index contributed by atoms with van der Waals surface area (Å²) in [5.74, 6) is 0.592. The fraction of sp³-hybridized carbons (Fsp3) is 0.462. The van der Waals surface area contributed by atoms with Gasteiger partial charge in [0.25, 0.3) is 0 Å². The van der Waals surface area contributed by atoms with Crippen LogP contribution in [-0.2, 0) is 4.74 Å². The molecular formula is C13H18N2OS. The molecule has 1 atom stereocenters. The van der Waals surface area contributed by atoms with Crippen molar-refractivity contribution in [3.63, 3.8) is 0 Å². The minimum Gasteiger partial charge on any atom is -0.389 e. The summed E-state index contributed by atoms with van der Waals surface area (Å²) >= 11 is 5.05. The van der Waals surface area contributed by atoms with Gasteiger partial charge < -0.3 is 15.8 Å². The number of hydrogen-bond donors (Lipinski definition) is 2. The summed E-state index contributed by atoms with van der Waals surface area (Å²) in [7, 11) is 0. The molecule has 1 aliphatic rings. The minimum atomic E-state index is 0.440. The normalized spacial score (nSPS) is 19.2. The Kier molecular flexibility index (Phi) is 3.97. The molecule has 0 spiro atoms. The molecule has 0 bridgehead atoms. The lowest BCUT2D eigenvalue weighted by atomic mass is 10.1. The second kappa shape index (κ2) is 5.47. The van der Waals surface area contributed by atoms with Gasteiger partial charge in [-0.05, 0) is 31.0 Å². The van der Waals surface area contributed by atoms with E-state index in [0.29, 0.717) is 10.9 Å². The molecule has 1 aromatic rings. The summed E-state index contributed by atoms with van der Waals surface area (Å²) in [5, 5.41) is 3.43. The predicted octanol–water partition coefficient (Wildman–Crippen LogP) is 2.08. The fourth-order valence-corrected chi connectivity index (χ4v) is 2.20. The van der Waals surface area contributed by atoms with Crippen molar-refractivity contribution in [2.75, 3.05) is 25.1 Å². The van der Waals surface area contributed by atoms with Gasteiger partial charge in [0.2, 0.25) is 0 Å². The van der Waals surface area contributed by atoms with Crippen LogP contribution in [0.3, 0.4) is 0 Å². The van der Waals surface area contributed by atoms with Gasteiger partial charge in [0, 0.05) is 30.3 Å². The van der Waals surface area contributed by atoms with E-state index < -0.39 is 0 Å². The summed E-state index contributed by atoms with van der Waals surface area (Å²) in [6.45, 7) is 4.70. The average Bonchev–Trinajstić information content (AvgIpc) is 2.78. The Balaban J connectivity index is 2.07. The van der Waals surface area contributed by atoms with E-state index in [2.05, 4.69) is 18.3 Å². The quantitative estimate of drug-likeness (QED) is 0.803. The van der Waals surface area contributed by atoms with Crippen LogP contribution in [0, 0.1) is 12.8 Å². The Morgan fingerprint density at radius 3 is 3.06 bits per heavy atom. The third-order valence-corrected chi connectivity index (χ3v) is 3.27. The standard InChI is InChI=1S/C13H18N2OS/c1-9-2-3-11(13(14)17)12(6-9)15-7-10-4-5-16-8-10/h2-3,6,10,15H,4-5,7-8H2,1H3,(H2,14,17). The number of aryl methyl sites for hydroxylation is 1. The molecule has 17 heavy (non-hydrogen) atoms. The van der Waals surface area contributed by atoms with Gasteiger partial charge in [-0.15, -0.1) is 0 Å². The molecule has 3 N–H and O–H groups in total. The maximum absolute atomic E-state index is 5.72. The maximum Gasteiger partial charge on any atom is 0.106 e. The van der Waals surface area contributed by atoms with Crippen molar-refractivity contribution in [1.82, 2.24) is 0 Å². The SMILES string of the molecule is Cc1ccc(C(N)=S)c(NCC2CCOC2)c1. The molecule has 2 rings (SSSR count). The summed E-state index contributed by atoms with van der Waals surface area (Å²) in [6.07, 6.45) is 1.13. The molecular weight excluding hydrogens is 232 g/mol. The smallest absolute Gasteiger partial charge is 0.106 e. The van der Waals surface area contributed by atoms with E-state index in [1.54, 1.807) is 0 Å². The van der Waals surface area contributed by atoms with Crippen LogP contribution in [0.5, 0.6) is 0 Å². The van der Waals surface area contributed by atoms with Gasteiger partial charge in [0.1, 0.15) is 4.99 Å². The first kappa shape index (κ1) is 12.3. The number of benzene rings is 1. The first-order chi connectivity index (χ1) is 8.16. The van der Waals surface area contributed by atoms with Crippen molar-refractivity contribution in [3.8, 4) is 0 Å². The molecule has 1 fully saturated rings. The van der Waals surface area contributed by atoms with Gasteiger partial charge in [0.05, 0.1) is 6.61 Å². The third-order valence-electron chi connectivity index (χ3n) is 3.05. The number of ether oxygens (including phenoxy) is 1. The van der Waals surface area contributed by atoms with Crippen LogP contribution >= 0.6 is 12.2 Å². The van der Waals surface area contributed by atoms with Crippen LogP contribution in [-0.4, -0.2) is 24.7 Å². The molecule has 0 amide bonds. The largest absolute Gasteiger partial charge is 0.389 e. The van der Waals surface area contributed by atoms with E-state index in [0.717, 1.165) is 37.4 Å². The molecule has 1 aliphatic heterocycles.